The number of nitrogens with zero attached hydrogens (tertiary/aromatic N) is 2. The fourth-order valence-electron chi connectivity index (χ4n) is 3.49. The minimum Gasteiger partial charge on any atom is -0.489 e. The molecule has 1 saturated heterocycles. The number of hydrogen-bond donors (Lipinski definition) is 1. The van der Waals surface area contributed by atoms with Gasteiger partial charge in [0.1, 0.15) is 12.4 Å². The lowest BCUT2D eigenvalue weighted by atomic mass is 10.1. The molecule has 0 saturated carbocycles. The summed E-state index contributed by atoms with van der Waals surface area (Å²) < 4.78 is 5.82. The van der Waals surface area contributed by atoms with E-state index in [1.807, 2.05) is 60.0 Å². The average molecular weight is 408 g/mol. The average Bonchev–Trinajstić information content (AvgIpc) is 3.20. The summed E-state index contributed by atoms with van der Waals surface area (Å²) in [6, 6.07) is 17.1. The Morgan fingerprint density at radius 1 is 1.03 bits per heavy atom. The lowest BCUT2D eigenvalue weighted by Crippen LogP contribution is -2.29. The molecule has 29 heavy (non-hydrogen) atoms. The number of hydrogen-bond acceptors (Lipinski definition) is 5. The number of ether oxygens (including phenoxy) is 1. The van der Waals surface area contributed by atoms with Gasteiger partial charge in [0, 0.05) is 23.1 Å². The number of amides is 1. The highest BCUT2D eigenvalue weighted by Crippen LogP contribution is 2.21. The smallest absolute Gasteiger partial charge is 0.257 e. The molecule has 4 rings (SSSR count). The lowest BCUT2D eigenvalue weighted by Gasteiger charge is -2.25. The number of carbonyl (C=O) groups is 1. The van der Waals surface area contributed by atoms with Crippen LogP contribution in [0.1, 0.15) is 40.9 Å². The molecule has 0 atom stereocenters. The molecule has 1 aromatic heterocycles. The largest absolute Gasteiger partial charge is 0.489 e. The van der Waals surface area contributed by atoms with Crippen LogP contribution in [-0.2, 0) is 13.2 Å². The Morgan fingerprint density at radius 3 is 2.62 bits per heavy atom. The normalized spacial score (nSPS) is 14.5. The van der Waals surface area contributed by atoms with Crippen molar-refractivity contribution in [2.45, 2.75) is 32.4 Å². The van der Waals surface area contributed by atoms with Gasteiger partial charge in [-0.05, 0) is 44.1 Å². The first-order valence-electron chi connectivity index (χ1n) is 10.0. The molecule has 1 aliphatic rings. The number of thiazole rings is 1. The zero-order valence-corrected chi connectivity index (χ0v) is 17.2. The number of benzene rings is 2. The molecule has 5 nitrogen and oxygen atoms in total. The highest BCUT2D eigenvalue weighted by Gasteiger charge is 2.15. The van der Waals surface area contributed by atoms with Gasteiger partial charge in [0.15, 0.2) is 5.13 Å². The predicted octanol–water partition coefficient (Wildman–Crippen LogP) is 4.96. The lowest BCUT2D eigenvalue weighted by molar-refractivity contribution is 0.102. The Labute approximate surface area is 175 Å². The summed E-state index contributed by atoms with van der Waals surface area (Å²) in [4.78, 5) is 19.9. The summed E-state index contributed by atoms with van der Waals surface area (Å²) in [7, 11) is 0. The Bertz CT molecular complexity index is 936. The summed E-state index contributed by atoms with van der Waals surface area (Å²) >= 11 is 1.48. The van der Waals surface area contributed by atoms with Gasteiger partial charge in [-0.25, -0.2) is 4.98 Å². The number of piperidine rings is 1. The molecule has 0 unspecified atom stereocenters. The van der Waals surface area contributed by atoms with Gasteiger partial charge in [0.25, 0.3) is 5.91 Å². The number of anilines is 1. The van der Waals surface area contributed by atoms with Crippen LogP contribution in [0.15, 0.2) is 60.0 Å². The molecule has 3 aromatic rings. The SMILES string of the molecule is O=C(Nc1nc(CN2CCCCC2)cs1)c1ccccc1COc1ccccc1. The van der Waals surface area contributed by atoms with Gasteiger partial charge in [-0.2, -0.15) is 0 Å². The fourth-order valence-corrected chi connectivity index (χ4v) is 4.19. The monoisotopic (exact) mass is 407 g/mol. The van der Waals surface area contributed by atoms with Gasteiger partial charge in [-0.15, -0.1) is 11.3 Å². The van der Waals surface area contributed by atoms with Crippen LogP contribution >= 0.6 is 11.3 Å². The minimum atomic E-state index is -0.156. The van der Waals surface area contributed by atoms with Gasteiger partial charge in [0.05, 0.1) is 5.69 Å². The first-order valence-corrected chi connectivity index (χ1v) is 10.9. The van der Waals surface area contributed by atoms with Crippen molar-refractivity contribution in [3.05, 3.63) is 76.8 Å². The Balaban J connectivity index is 1.38. The first-order chi connectivity index (χ1) is 14.3. The summed E-state index contributed by atoms with van der Waals surface area (Å²) in [5.74, 6) is 0.626. The summed E-state index contributed by atoms with van der Waals surface area (Å²) in [6.45, 7) is 3.46. The highest BCUT2D eigenvalue weighted by molar-refractivity contribution is 7.14. The van der Waals surface area contributed by atoms with E-state index in [1.54, 1.807) is 0 Å². The number of carbonyl (C=O) groups excluding carboxylic acids is 1. The molecule has 2 heterocycles. The van der Waals surface area contributed by atoms with Crippen molar-refractivity contribution in [2.75, 3.05) is 18.4 Å². The second kappa shape index (κ2) is 9.67. The van der Waals surface area contributed by atoms with Crippen LogP contribution in [0.25, 0.3) is 0 Å². The molecule has 0 radical (unpaired) electrons. The van der Waals surface area contributed by atoms with Crippen LogP contribution in [0.3, 0.4) is 0 Å². The van der Waals surface area contributed by atoms with E-state index in [0.717, 1.165) is 36.6 Å². The molecule has 6 heteroatoms. The number of para-hydroxylation sites is 1. The number of likely N-dealkylation sites (tertiary alicyclic amines) is 1. The second-order valence-electron chi connectivity index (χ2n) is 7.19. The predicted molar refractivity (Wildman–Crippen MR) is 116 cm³/mol. The van der Waals surface area contributed by atoms with Crippen LogP contribution in [0.4, 0.5) is 5.13 Å². The van der Waals surface area contributed by atoms with Gasteiger partial charge in [-0.1, -0.05) is 42.8 Å². The molecular weight excluding hydrogens is 382 g/mol. The molecule has 0 spiro atoms. The molecule has 0 bridgehead atoms. The minimum absolute atomic E-state index is 0.156. The van der Waals surface area contributed by atoms with Gasteiger partial charge < -0.3 is 4.74 Å². The third kappa shape index (κ3) is 5.43. The summed E-state index contributed by atoms with van der Waals surface area (Å²) in [5.41, 5.74) is 2.48. The van der Waals surface area contributed by atoms with E-state index in [0.29, 0.717) is 17.3 Å². The maximum Gasteiger partial charge on any atom is 0.257 e. The van der Waals surface area contributed by atoms with Crippen LogP contribution in [-0.4, -0.2) is 28.9 Å². The molecule has 150 valence electrons. The molecule has 0 aliphatic carbocycles. The van der Waals surface area contributed by atoms with Crippen LogP contribution in [0.5, 0.6) is 5.75 Å². The van der Waals surface area contributed by atoms with Crippen LogP contribution < -0.4 is 10.1 Å². The van der Waals surface area contributed by atoms with Gasteiger partial charge in [0.2, 0.25) is 0 Å². The van der Waals surface area contributed by atoms with E-state index in [1.165, 1.54) is 30.6 Å². The van der Waals surface area contributed by atoms with Crippen molar-refractivity contribution in [3.8, 4) is 5.75 Å². The molecule has 1 fully saturated rings. The fraction of sp³-hybridized carbons (Fsp3) is 0.304. The Kier molecular flexibility index (Phi) is 6.54. The van der Waals surface area contributed by atoms with Crippen molar-refractivity contribution in [1.82, 2.24) is 9.88 Å². The molecular formula is C23H25N3O2S. The Morgan fingerprint density at radius 2 is 1.79 bits per heavy atom. The maximum absolute atomic E-state index is 12.8. The quantitative estimate of drug-likeness (QED) is 0.601. The van der Waals surface area contributed by atoms with E-state index in [4.69, 9.17) is 4.74 Å². The third-order valence-corrected chi connectivity index (χ3v) is 5.81. The maximum atomic E-state index is 12.8. The topological polar surface area (TPSA) is 54.5 Å². The van der Waals surface area contributed by atoms with E-state index >= 15 is 0 Å². The summed E-state index contributed by atoms with van der Waals surface area (Å²) in [6.07, 6.45) is 3.84. The number of nitrogens with one attached hydrogen (secondary N) is 1. The molecule has 1 N–H and O–H groups in total. The van der Waals surface area contributed by atoms with E-state index in [9.17, 15) is 4.79 Å². The highest BCUT2D eigenvalue weighted by atomic mass is 32.1. The van der Waals surface area contributed by atoms with Crippen LogP contribution in [0, 0.1) is 0 Å². The zero-order valence-electron chi connectivity index (χ0n) is 16.3. The molecule has 1 aliphatic heterocycles. The van der Waals surface area contributed by atoms with Crippen molar-refractivity contribution in [3.63, 3.8) is 0 Å². The van der Waals surface area contributed by atoms with Gasteiger partial charge >= 0.3 is 0 Å². The van der Waals surface area contributed by atoms with Crippen molar-refractivity contribution in [2.24, 2.45) is 0 Å². The standard InChI is InChI=1S/C23H25N3O2S/c27-22(25-23-24-19(17-29-23)15-26-13-7-2-8-14-26)21-12-6-5-9-18(21)16-28-20-10-3-1-4-11-20/h1,3-6,9-12,17H,2,7-8,13-16H2,(H,24,25,27). The van der Waals surface area contributed by atoms with E-state index in [-0.39, 0.29) is 5.91 Å². The number of rotatable bonds is 7. The van der Waals surface area contributed by atoms with E-state index < -0.39 is 0 Å². The van der Waals surface area contributed by atoms with Crippen molar-refractivity contribution >= 4 is 22.4 Å². The Hall–Kier alpha value is -2.70. The first kappa shape index (κ1) is 19.6. The summed E-state index contributed by atoms with van der Waals surface area (Å²) in [5, 5.41) is 5.62. The molecule has 1 amide bonds. The van der Waals surface area contributed by atoms with Gasteiger partial charge in [-0.3, -0.25) is 15.0 Å². The third-order valence-electron chi connectivity index (χ3n) is 5.01. The van der Waals surface area contributed by atoms with E-state index in [2.05, 4.69) is 15.2 Å². The van der Waals surface area contributed by atoms with Crippen molar-refractivity contribution < 1.29 is 9.53 Å². The second-order valence-corrected chi connectivity index (χ2v) is 8.05. The zero-order chi connectivity index (χ0) is 19.9. The number of aromatic nitrogens is 1. The molecule has 2 aromatic carbocycles. The van der Waals surface area contributed by atoms with Crippen molar-refractivity contribution in [1.29, 1.82) is 0 Å². The van der Waals surface area contributed by atoms with Crippen LogP contribution in [0.2, 0.25) is 0 Å².